The van der Waals surface area contributed by atoms with E-state index in [1.54, 1.807) is 6.07 Å². The lowest BCUT2D eigenvalue weighted by molar-refractivity contribution is 0.105. The van der Waals surface area contributed by atoms with Gasteiger partial charge in [-0.3, -0.25) is 4.79 Å². The molecular formula is C24H24O2Si. The van der Waals surface area contributed by atoms with Crippen molar-refractivity contribution >= 4 is 14.1 Å². The predicted molar refractivity (Wildman–Crippen MR) is 112 cm³/mol. The number of carbonyl (C=O) groups is 1. The Morgan fingerprint density at radius 1 is 0.889 bits per heavy atom. The molecule has 2 aromatic rings. The van der Waals surface area contributed by atoms with Gasteiger partial charge in [0, 0.05) is 22.3 Å². The second kappa shape index (κ2) is 7.20. The molecule has 3 heteroatoms. The molecule has 136 valence electrons. The largest absolute Gasteiger partial charge is 0.399 e. The van der Waals surface area contributed by atoms with Crippen LogP contribution in [0.2, 0.25) is 18.1 Å². The molecule has 0 radical (unpaired) electrons. The van der Waals surface area contributed by atoms with E-state index in [-0.39, 0.29) is 16.9 Å². The zero-order valence-electron chi connectivity index (χ0n) is 16.5. The van der Waals surface area contributed by atoms with Crippen LogP contribution in [0.5, 0.6) is 0 Å². The Kier molecular flexibility index (Phi) is 5.11. The lowest BCUT2D eigenvalue weighted by Crippen LogP contribution is -2.41. The van der Waals surface area contributed by atoms with E-state index in [4.69, 9.17) is 4.43 Å². The van der Waals surface area contributed by atoms with Crippen molar-refractivity contribution in [3.8, 4) is 23.7 Å². The van der Waals surface area contributed by atoms with Crippen molar-refractivity contribution in [2.75, 3.05) is 0 Å². The highest BCUT2D eigenvalue weighted by Crippen LogP contribution is 2.40. The van der Waals surface area contributed by atoms with Crippen LogP contribution in [0, 0.1) is 23.7 Å². The molecule has 0 N–H and O–H groups in total. The van der Waals surface area contributed by atoms with E-state index >= 15 is 0 Å². The molecule has 0 aromatic heterocycles. The van der Waals surface area contributed by atoms with Crippen LogP contribution < -0.4 is 0 Å². The van der Waals surface area contributed by atoms with Crippen LogP contribution >= 0.6 is 0 Å². The summed E-state index contributed by atoms with van der Waals surface area (Å²) >= 11 is 0. The molecule has 0 amide bonds. The average Bonchev–Trinajstić information content (AvgIpc) is 2.62. The molecule has 2 nitrogen and oxygen atoms in total. The van der Waals surface area contributed by atoms with Gasteiger partial charge in [-0.25, -0.2) is 0 Å². The molecule has 0 saturated carbocycles. The van der Waals surface area contributed by atoms with Crippen molar-refractivity contribution in [1.82, 2.24) is 0 Å². The molecule has 1 aliphatic rings. The lowest BCUT2D eigenvalue weighted by atomic mass is 9.98. The van der Waals surface area contributed by atoms with Gasteiger partial charge in [0.15, 0.2) is 8.32 Å². The first-order valence-electron chi connectivity index (χ1n) is 9.13. The highest BCUT2D eigenvalue weighted by molar-refractivity contribution is 6.74. The number of ketones is 1. The first-order valence-corrected chi connectivity index (χ1v) is 12.0. The minimum atomic E-state index is -2.05. The summed E-state index contributed by atoms with van der Waals surface area (Å²) in [5, 5.41) is 0.0680. The molecule has 1 aliphatic carbocycles. The summed E-state index contributed by atoms with van der Waals surface area (Å²) in [6.45, 7) is 11.1. The Morgan fingerprint density at radius 3 is 2.22 bits per heavy atom. The fourth-order valence-corrected chi connectivity index (χ4v) is 3.74. The standard InChI is InChI=1S/C24H24O2Si/c1-24(2,3)27(4,5)26-23-17-15-18-10-6-8-12-20(18)22(25)16-14-19-11-7-9-13-21(19)23/h6-13,23H,1-5H3. The molecule has 27 heavy (non-hydrogen) atoms. The van der Waals surface area contributed by atoms with Crippen molar-refractivity contribution in [1.29, 1.82) is 0 Å². The number of benzene rings is 2. The van der Waals surface area contributed by atoms with Crippen LogP contribution in [-0.4, -0.2) is 14.1 Å². The smallest absolute Gasteiger partial charge is 0.237 e. The monoisotopic (exact) mass is 372 g/mol. The Labute approximate surface area is 163 Å². The van der Waals surface area contributed by atoms with Crippen LogP contribution in [0.4, 0.5) is 0 Å². The molecule has 0 saturated heterocycles. The Hall–Kier alpha value is -2.59. The second-order valence-electron chi connectivity index (χ2n) is 8.24. The summed E-state index contributed by atoms with van der Waals surface area (Å²) in [6.07, 6.45) is -0.377. The maximum Gasteiger partial charge on any atom is 0.237 e. The summed E-state index contributed by atoms with van der Waals surface area (Å²) in [5.74, 6) is 12.1. The maximum atomic E-state index is 12.5. The highest BCUT2D eigenvalue weighted by atomic mass is 28.4. The van der Waals surface area contributed by atoms with Gasteiger partial charge in [-0.15, -0.1) is 0 Å². The topological polar surface area (TPSA) is 26.3 Å². The summed E-state index contributed by atoms with van der Waals surface area (Å²) in [5.41, 5.74) is 2.96. The van der Waals surface area contributed by atoms with Gasteiger partial charge in [0.2, 0.25) is 5.78 Å². The second-order valence-corrected chi connectivity index (χ2v) is 13.0. The minimum Gasteiger partial charge on any atom is -0.399 e. The molecule has 1 unspecified atom stereocenters. The number of Topliss-reactive ketones (excluding diaryl/α,β-unsaturated/α-hetero) is 1. The molecular weight excluding hydrogens is 348 g/mol. The van der Waals surface area contributed by atoms with Gasteiger partial charge < -0.3 is 4.43 Å². The molecule has 0 fully saturated rings. The third-order valence-electron chi connectivity index (χ3n) is 5.28. The van der Waals surface area contributed by atoms with Crippen molar-refractivity contribution in [2.45, 2.75) is 45.0 Å². The molecule has 2 aromatic carbocycles. The SMILES string of the molecule is CC(C)(C)[Si](C)(C)OC1C#Cc2ccccc2C(=O)C#Cc2ccccc21. The summed E-state index contributed by atoms with van der Waals surface area (Å²) in [7, 11) is -2.05. The number of rotatable bonds is 2. The van der Waals surface area contributed by atoms with E-state index in [1.165, 1.54) is 0 Å². The van der Waals surface area contributed by atoms with Crippen LogP contribution in [-0.2, 0) is 4.43 Å². The Morgan fingerprint density at radius 2 is 1.52 bits per heavy atom. The van der Waals surface area contributed by atoms with Crippen molar-refractivity contribution in [2.24, 2.45) is 0 Å². The van der Waals surface area contributed by atoms with Gasteiger partial charge in [-0.2, -0.15) is 0 Å². The fraction of sp³-hybridized carbons (Fsp3) is 0.292. The van der Waals surface area contributed by atoms with Crippen molar-refractivity contribution < 1.29 is 9.22 Å². The minimum absolute atomic E-state index is 0.0680. The maximum absolute atomic E-state index is 12.5. The Bertz CT molecular complexity index is 1000. The summed E-state index contributed by atoms with van der Waals surface area (Å²) < 4.78 is 6.66. The van der Waals surface area contributed by atoms with Gasteiger partial charge in [0.05, 0.1) is 0 Å². The molecule has 3 rings (SSSR count). The van der Waals surface area contributed by atoms with E-state index in [0.717, 1.165) is 11.1 Å². The lowest BCUT2D eigenvalue weighted by Gasteiger charge is -2.38. The van der Waals surface area contributed by atoms with E-state index in [1.807, 2.05) is 42.5 Å². The summed E-state index contributed by atoms with van der Waals surface area (Å²) in [6, 6.07) is 15.2. The molecule has 0 aliphatic heterocycles. The van der Waals surface area contributed by atoms with Crippen LogP contribution in [0.3, 0.4) is 0 Å². The van der Waals surface area contributed by atoms with Crippen molar-refractivity contribution in [3.05, 3.63) is 70.8 Å². The molecule has 0 bridgehead atoms. The Balaban J connectivity index is 2.17. The zero-order chi connectivity index (χ0) is 19.7. The van der Waals surface area contributed by atoms with E-state index in [9.17, 15) is 4.79 Å². The predicted octanol–water partition coefficient (Wildman–Crippen LogP) is 5.35. The number of carbonyl (C=O) groups excluding carboxylic acids is 1. The first kappa shape index (κ1) is 19.2. The van der Waals surface area contributed by atoms with E-state index in [0.29, 0.717) is 11.1 Å². The van der Waals surface area contributed by atoms with Crippen LogP contribution in [0.15, 0.2) is 48.5 Å². The number of hydrogen-bond acceptors (Lipinski definition) is 2. The highest BCUT2D eigenvalue weighted by Gasteiger charge is 2.39. The quantitative estimate of drug-likeness (QED) is 0.525. The summed E-state index contributed by atoms with van der Waals surface area (Å²) in [4.78, 5) is 12.5. The first-order chi connectivity index (χ1) is 12.7. The van der Waals surface area contributed by atoms with Crippen LogP contribution in [0.1, 0.15) is 53.9 Å². The normalized spacial score (nSPS) is 16.2. The molecule has 1 atom stereocenters. The van der Waals surface area contributed by atoms with E-state index < -0.39 is 8.32 Å². The third kappa shape index (κ3) is 4.06. The van der Waals surface area contributed by atoms with Gasteiger partial charge in [0.25, 0.3) is 0 Å². The van der Waals surface area contributed by atoms with Gasteiger partial charge in [-0.1, -0.05) is 68.9 Å². The van der Waals surface area contributed by atoms with E-state index in [2.05, 4.69) is 57.5 Å². The van der Waals surface area contributed by atoms with Gasteiger partial charge in [-0.05, 0) is 42.3 Å². The average molecular weight is 373 g/mol. The van der Waals surface area contributed by atoms with Crippen LogP contribution in [0.25, 0.3) is 0 Å². The van der Waals surface area contributed by atoms with Crippen molar-refractivity contribution in [3.63, 3.8) is 0 Å². The number of hydrogen-bond donors (Lipinski definition) is 0. The zero-order valence-corrected chi connectivity index (χ0v) is 17.5. The molecule has 0 heterocycles. The molecule has 0 spiro atoms. The fourth-order valence-electron chi connectivity index (χ4n) is 2.61. The third-order valence-corrected chi connectivity index (χ3v) is 9.72. The van der Waals surface area contributed by atoms with Gasteiger partial charge >= 0.3 is 0 Å². The number of fused-ring (bicyclic) bond motifs is 2. The van der Waals surface area contributed by atoms with Gasteiger partial charge in [0.1, 0.15) is 6.10 Å².